The molecule has 0 spiro atoms. The van der Waals surface area contributed by atoms with Crippen molar-refractivity contribution in [1.82, 2.24) is 0 Å². The molecule has 0 aromatic rings. The normalized spacial score (nSPS) is 6.29. The third-order valence-electron chi connectivity index (χ3n) is 0. The van der Waals surface area contributed by atoms with Gasteiger partial charge < -0.3 is 10.4 Å². The average molecular weight is 171 g/mol. The van der Waals surface area contributed by atoms with Gasteiger partial charge in [0.2, 0.25) is 0 Å². The third-order valence-corrected chi connectivity index (χ3v) is 0. The van der Waals surface area contributed by atoms with Crippen molar-refractivity contribution >= 4 is 21.8 Å². The van der Waals surface area contributed by atoms with E-state index in [1.807, 2.05) is 0 Å². The van der Waals surface area contributed by atoms with Gasteiger partial charge in [0.25, 0.3) is 0 Å². The molecular formula is H5KO4PS+. The van der Waals surface area contributed by atoms with Crippen molar-refractivity contribution < 1.29 is 71.2 Å². The molecule has 1 atom stereocenters. The number of hydrogen-bond donors (Lipinski definition) is 1. The minimum Gasteiger partial charge on any atom is -0.870 e. The van der Waals surface area contributed by atoms with Crippen molar-refractivity contribution in [2.75, 3.05) is 0 Å². The molecule has 7 heteroatoms. The minimum absolute atomic E-state index is 0. The van der Waals surface area contributed by atoms with Gasteiger partial charge in [-0.05, 0) is 4.57 Å². The molecule has 0 aromatic carbocycles. The summed E-state index contributed by atoms with van der Waals surface area (Å²) in [5, 5.41) is 0. The Morgan fingerprint density at radius 2 is 1.57 bits per heavy atom. The minimum atomic E-state index is -3.12. The monoisotopic (exact) mass is 171 g/mol. The molecule has 40 valence electrons. The van der Waals surface area contributed by atoms with Gasteiger partial charge in [-0.15, -0.1) is 0 Å². The SMILES string of the molecule is O=[P+]([O-])O.[K+].[OH-].[SH3+]. The molecule has 0 heterocycles. The molecular weight excluding hydrogens is 166 g/mol. The van der Waals surface area contributed by atoms with E-state index in [0.717, 1.165) is 0 Å². The molecule has 0 amide bonds. The summed E-state index contributed by atoms with van der Waals surface area (Å²) in [6, 6.07) is 0. The van der Waals surface area contributed by atoms with Crippen LogP contribution in [0.4, 0.5) is 0 Å². The molecule has 0 aromatic heterocycles. The van der Waals surface area contributed by atoms with Crippen LogP contribution in [0.5, 0.6) is 0 Å². The van der Waals surface area contributed by atoms with Gasteiger partial charge in [0.1, 0.15) is 0 Å². The zero-order valence-electron chi connectivity index (χ0n) is 3.74. The van der Waals surface area contributed by atoms with E-state index < -0.39 is 8.25 Å². The Labute approximate surface area is 91.4 Å². The summed E-state index contributed by atoms with van der Waals surface area (Å²) >= 11 is 0. The van der Waals surface area contributed by atoms with Crippen molar-refractivity contribution in [1.29, 1.82) is 0 Å². The van der Waals surface area contributed by atoms with Crippen molar-refractivity contribution in [2.45, 2.75) is 0 Å². The fraction of sp³-hybridized carbons (Fsp3) is 0. The van der Waals surface area contributed by atoms with Gasteiger partial charge in [0.05, 0.1) is 0 Å². The molecule has 0 saturated carbocycles. The van der Waals surface area contributed by atoms with Crippen molar-refractivity contribution in [2.24, 2.45) is 0 Å². The summed E-state index contributed by atoms with van der Waals surface area (Å²) in [5.74, 6) is 0. The molecule has 7 heavy (non-hydrogen) atoms. The first-order valence-corrected chi connectivity index (χ1v) is 1.70. The van der Waals surface area contributed by atoms with Crippen molar-refractivity contribution in [3.8, 4) is 0 Å². The van der Waals surface area contributed by atoms with Crippen LogP contribution >= 0.6 is 8.25 Å². The van der Waals surface area contributed by atoms with Gasteiger partial charge in [-0.3, -0.25) is 0 Å². The van der Waals surface area contributed by atoms with Crippen LogP contribution in [0.15, 0.2) is 0 Å². The van der Waals surface area contributed by atoms with Gasteiger partial charge in [-0.2, -0.15) is 4.89 Å². The van der Waals surface area contributed by atoms with E-state index in [9.17, 15) is 0 Å². The summed E-state index contributed by atoms with van der Waals surface area (Å²) in [6.07, 6.45) is 0. The summed E-state index contributed by atoms with van der Waals surface area (Å²) in [4.78, 5) is 15.6. The fourth-order valence-corrected chi connectivity index (χ4v) is 0. The molecule has 0 aliphatic rings. The average Bonchev–Trinajstić information content (AvgIpc) is 0.811. The molecule has 1 unspecified atom stereocenters. The Hall–Kier alpha value is 1.97. The predicted octanol–water partition coefficient (Wildman–Crippen LogP) is -4.98. The Morgan fingerprint density at radius 1 is 1.57 bits per heavy atom. The van der Waals surface area contributed by atoms with Crippen LogP contribution in [0.1, 0.15) is 0 Å². The van der Waals surface area contributed by atoms with E-state index in [-0.39, 0.29) is 70.4 Å². The molecule has 4 nitrogen and oxygen atoms in total. The smallest absolute Gasteiger partial charge is 0.870 e. The molecule has 0 aliphatic carbocycles. The summed E-state index contributed by atoms with van der Waals surface area (Å²) < 4.78 is 8.59. The maximum absolute atomic E-state index is 8.59. The summed E-state index contributed by atoms with van der Waals surface area (Å²) in [6.45, 7) is 0. The van der Waals surface area contributed by atoms with Crippen molar-refractivity contribution in [3.05, 3.63) is 0 Å². The Morgan fingerprint density at radius 3 is 1.57 bits per heavy atom. The summed E-state index contributed by atoms with van der Waals surface area (Å²) in [5.41, 5.74) is 0. The van der Waals surface area contributed by atoms with Crippen LogP contribution < -0.4 is 56.3 Å². The molecule has 2 N–H and O–H groups in total. The first kappa shape index (κ1) is 23.1. The zero-order chi connectivity index (χ0) is 3.58. The first-order valence-electron chi connectivity index (χ1n) is 0.565. The molecule has 0 rings (SSSR count). The van der Waals surface area contributed by atoms with E-state index in [0.29, 0.717) is 0 Å². The standard InChI is InChI=1S/K.HO3P.H2O.H2S/c;1-4(2)3;;/h;(H,1,2,3);2*1H2/q+1;;;. The van der Waals surface area contributed by atoms with Crippen LogP contribution in [0.2, 0.25) is 0 Å². The molecule has 0 saturated heterocycles. The number of rotatable bonds is 0. The maximum Gasteiger partial charge on any atom is 1.00 e. The largest absolute Gasteiger partial charge is 1.00 e. The van der Waals surface area contributed by atoms with Gasteiger partial charge in [0, 0.05) is 0 Å². The summed E-state index contributed by atoms with van der Waals surface area (Å²) in [7, 11) is -3.12. The van der Waals surface area contributed by atoms with Crippen LogP contribution in [0.25, 0.3) is 0 Å². The van der Waals surface area contributed by atoms with Crippen LogP contribution in [-0.4, -0.2) is 10.4 Å². The maximum atomic E-state index is 8.59. The molecule has 0 aliphatic heterocycles. The van der Waals surface area contributed by atoms with Crippen LogP contribution in [0, 0.1) is 0 Å². The zero-order valence-corrected chi connectivity index (χ0v) is 8.91. The number of hydrogen-bond acceptors (Lipinski definition) is 3. The third kappa shape index (κ3) is 73.3. The van der Waals surface area contributed by atoms with Crippen LogP contribution in [0.3, 0.4) is 0 Å². The van der Waals surface area contributed by atoms with E-state index in [2.05, 4.69) is 0 Å². The Balaban J connectivity index is -0.0000000150. The second-order valence-corrected chi connectivity index (χ2v) is 0.714. The second-order valence-electron chi connectivity index (χ2n) is 0.238. The van der Waals surface area contributed by atoms with Crippen molar-refractivity contribution in [3.63, 3.8) is 0 Å². The quantitative estimate of drug-likeness (QED) is 0.224. The molecule has 0 fully saturated rings. The van der Waals surface area contributed by atoms with E-state index in [1.165, 1.54) is 0 Å². The Kier molecular flexibility index (Phi) is 51.7. The van der Waals surface area contributed by atoms with Gasteiger partial charge in [-0.25, -0.2) is 0 Å². The fourth-order valence-electron chi connectivity index (χ4n) is 0. The predicted molar refractivity (Wildman–Crippen MR) is 23.3 cm³/mol. The molecule has 0 radical (unpaired) electrons. The van der Waals surface area contributed by atoms with Crippen LogP contribution in [-0.2, 0) is 18.1 Å². The second kappa shape index (κ2) is 15.7. The van der Waals surface area contributed by atoms with Gasteiger partial charge in [0.15, 0.2) is 0 Å². The van der Waals surface area contributed by atoms with Gasteiger partial charge in [-0.1, -0.05) is 13.5 Å². The first-order chi connectivity index (χ1) is 1.73. The van der Waals surface area contributed by atoms with E-state index >= 15 is 0 Å². The Bertz CT molecular complexity index is 34.7. The van der Waals surface area contributed by atoms with Gasteiger partial charge >= 0.3 is 59.6 Å². The van der Waals surface area contributed by atoms with E-state index in [1.54, 1.807) is 0 Å². The topological polar surface area (TPSA) is 90.4 Å². The molecule has 0 bridgehead atoms. The van der Waals surface area contributed by atoms with E-state index in [4.69, 9.17) is 14.4 Å².